The zero-order valence-corrected chi connectivity index (χ0v) is 15.4. The molecular formula is C20H23F3N2O3. The first kappa shape index (κ1) is 20.3. The topological polar surface area (TPSA) is 54.7 Å². The van der Waals surface area contributed by atoms with E-state index in [1.807, 2.05) is 12.1 Å². The first-order valence-corrected chi connectivity index (χ1v) is 9.28. The van der Waals surface area contributed by atoms with Gasteiger partial charge in [0.25, 0.3) is 5.91 Å². The molecular weight excluding hydrogens is 373 g/mol. The van der Waals surface area contributed by atoms with E-state index in [1.165, 1.54) is 18.6 Å². The zero-order chi connectivity index (χ0) is 20.0. The average molecular weight is 396 g/mol. The number of carbonyl (C=O) groups is 1. The molecule has 8 heteroatoms. The van der Waals surface area contributed by atoms with Crippen molar-refractivity contribution in [1.82, 2.24) is 10.2 Å². The summed E-state index contributed by atoms with van der Waals surface area (Å²) < 4.78 is 49.0. The molecule has 1 N–H and O–H groups in total. The largest absolute Gasteiger partial charge is 0.484 e. The Hall–Kier alpha value is -2.48. The second-order valence-electron chi connectivity index (χ2n) is 6.75. The second kappa shape index (κ2) is 9.14. The third-order valence-electron chi connectivity index (χ3n) is 4.73. The van der Waals surface area contributed by atoms with Crippen molar-refractivity contribution in [3.05, 3.63) is 54.0 Å². The number of ether oxygens (including phenoxy) is 1. The predicted octanol–water partition coefficient (Wildman–Crippen LogP) is 4.02. The van der Waals surface area contributed by atoms with Gasteiger partial charge in [-0.3, -0.25) is 9.69 Å². The lowest BCUT2D eigenvalue weighted by Crippen LogP contribution is -2.41. The summed E-state index contributed by atoms with van der Waals surface area (Å²) in [6, 6.07) is 8.09. The standard InChI is InChI=1S/C20H23F3N2O3/c21-20(22,23)15-6-4-7-16(12-15)28-14-19(26)24-13-17(18-8-5-11-27-18)25-9-2-1-3-10-25/h4-8,11-12,17H,1-3,9-10,13-14H2,(H,24,26)/t17-/m1/s1. The molecule has 1 atom stereocenters. The molecule has 0 aliphatic carbocycles. The maximum Gasteiger partial charge on any atom is 0.416 e. The highest BCUT2D eigenvalue weighted by Gasteiger charge is 2.30. The van der Waals surface area contributed by atoms with Gasteiger partial charge in [0.2, 0.25) is 0 Å². The number of likely N-dealkylation sites (tertiary alicyclic amines) is 1. The number of nitrogens with one attached hydrogen (secondary N) is 1. The van der Waals surface area contributed by atoms with Gasteiger partial charge in [-0.1, -0.05) is 12.5 Å². The number of hydrogen-bond donors (Lipinski definition) is 1. The van der Waals surface area contributed by atoms with Crippen LogP contribution in [0.5, 0.6) is 5.75 Å². The Bertz CT molecular complexity index is 756. The first-order valence-electron chi connectivity index (χ1n) is 9.28. The van der Waals surface area contributed by atoms with Crippen molar-refractivity contribution in [2.24, 2.45) is 0 Å². The van der Waals surface area contributed by atoms with Crippen molar-refractivity contribution in [3.8, 4) is 5.75 Å². The van der Waals surface area contributed by atoms with Crippen LogP contribution < -0.4 is 10.1 Å². The molecule has 1 amide bonds. The van der Waals surface area contributed by atoms with Gasteiger partial charge in [0, 0.05) is 6.54 Å². The van der Waals surface area contributed by atoms with Crippen molar-refractivity contribution >= 4 is 5.91 Å². The van der Waals surface area contributed by atoms with E-state index in [-0.39, 0.29) is 18.4 Å². The molecule has 28 heavy (non-hydrogen) atoms. The zero-order valence-electron chi connectivity index (χ0n) is 15.4. The predicted molar refractivity (Wildman–Crippen MR) is 96.8 cm³/mol. The summed E-state index contributed by atoms with van der Waals surface area (Å²) in [6.45, 7) is 1.86. The fraction of sp³-hybridized carbons (Fsp3) is 0.450. The summed E-state index contributed by atoms with van der Waals surface area (Å²) in [4.78, 5) is 14.4. The SMILES string of the molecule is O=C(COc1cccc(C(F)(F)F)c1)NC[C@H](c1ccco1)N1CCCCC1. The molecule has 2 heterocycles. The van der Waals surface area contributed by atoms with E-state index in [1.54, 1.807) is 6.26 Å². The highest BCUT2D eigenvalue weighted by Crippen LogP contribution is 2.31. The molecule has 1 aliphatic heterocycles. The first-order chi connectivity index (χ1) is 13.4. The second-order valence-corrected chi connectivity index (χ2v) is 6.75. The van der Waals surface area contributed by atoms with Crippen LogP contribution in [0.3, 0.4) is 0 Å². The molecule has 0 spiro atoms. The molecule has 5 nitrogen and oxygen atoms in total. The molecule has 1 aromatic heterocycles. The summed E-state index contributed by atoms with van der Waals surface area (Å²) in [7, 11) is 0. The lowest BCUT2D eigenvalue weighted by Gasteiger charge is -2.33. The van der Waals surface area contributed by atoms with Crippen molar-refractivity contribution in [3.63, 3.8) is 0 Å². The number of halogens is 3. The maximum absolute atomic E-state index is 12.7. The van der Waals surface area contributed by atoms with Gasteiger partial charge in [0.05, 0.1) is 17.9 Å². The molecule has 0 radical (unpaired) electrons. The van der Waals surface area contributed by atoms with E-state index in [0.717, 1.165) is 43.8 Å². The fourth-order valence-electron chi connectivity index (χ4n) is 3.29. The summed E-state index contributed by atoms with van der Waals surface area (Å²) in [5.41, 5.74) is -0.812. The molecule has 1 aliphatic rings. The Morgan fingerprint density at radius 3 is 2.64 bits per heavy atom. The van der Waals surface area contributed by atoms with Gasteiger partial charge in [0.15, 0.2) is 6.61 Å². The molecule has 0 unspecified atom stereocenters. The van der Waals surface area contributed by atoms with Gasteiger partial charge in [-0.15, -0.1) is 0 Å². The Labute approximate surface area is 161 Å². The van der Waals surface area contributed by atoms with Crippen LogP contribution >= 0.6 is 0 Å². The minimum atomic E-state index is -4.45. The van der Waals surface area contributed by atoms with Gasteiger partial charge in [-0.2, -0.15) is 13.2 Å². The van der Waals surface area contributed by atoms with E-state index < -0.39 is 17.6 Å². The number of amides is 1. The van der Waals surface area contributed by atoms with Crippen LogP contribution in [0.15, 0.2) is 47.1 Å². The van der Waals surface area contributed by atoms with Crippen LogP contribution in [0, 0.1) is 0 Å². The summed E-state index contributed by atoms with van der Waals surface area (Å²) in [6.07, 6.45) is 0.545. The quantitative estimate of drug-likeness (QED) is 0.768. The normalized spacial score (nSPS) is 16.5. The molecule has 0 saturated carbocycles. The maximum atomic E-state index is 12.7. The molecule has 152 valence electrons. The molecule has 1 aromatic carbocycles. The lowest BCUT2D eigenvalue weighted by atomic mass is 10.1. The molecule has 3 rings (SSSR count). The van der Waals surface area contributed by atoms with Crippen LogP contribution in [0.2, 0.25) is 0 Å². The van der Waals surface area contributed by atoms with Crippen molar-refractivity contribution in [1.29, 1.82) is 0 Å². The van der Waals surface area contributed by atoms with Crippen LogP contribution in [0.25, 0.3) is 0 Å². The van der Waals surface area contributed by atoms with Crippen molar-refractivity contribution in [2.45, 2.75) is 31.5 Å². The summed E-state index contributed by atoms with van der Waals surface area (Å²) in [5.74, 6) is 0.385. The van der Waals surface area contributed by atoms with E-state index in [0.29, 0.717) is 6.54 Å². The van der Waals surface area contributed by atoms with E-state index in [2.05, 4.69) is 10.2 Å². The molecule has 1 saturated heterocycles. The Balaban J connectivity index is 1.53. The molecule has 0 bridgehead atoms. The van der Waals surface area contributed by atoms with Crippen molar-refractivity contribution < 1.29 is 27.1 Å². The fourth-order valence-corrected chi connectivity index (χ4v) is 3.29. The van der Waals surface area contributed by atoms with Gasteiger partial charge < -0.3 is 14.5 Å². The number of rotatable bonds is 7. The highest BCUT2D eigenvalue weighted by atomic mass is 19.4. The monoisotopic (exact) mass is 396 g/mol. The number of carbonyl (C=O) groups excluding carboxylic acids is 1. The van der Waals surface area contributed by atoms with E-state index in [9.17, 15) is 18.0 Å². The van der Waals surface area contributed by atoms with Crippen LogP contribution in [-0.4, -0.2) is 37.0 Å². The number of furan rings is 1. The average Bonchev–Trinajstić information content (AvgIpc) is 3.21. The number of benzene rings is 1. The molecule has 2 aromatic rings. The van der Waals surface area contributed by atoms with Crippen LogP contribution in [0.1, 0.15) is 36.6 Å². The van der Waals surface area contributed by atoms with Gasteiger partial charge in [0.1, 0.15) is 11.5 Å². The Morgan fingerprint density at radius 2 is 1.96 bits per heavy atom. The summed E-state index contributed by atoms with van der Waals surface area (Å²) in [5, 5.41) is 2.80. The number of hydrogen-bond acceptors (Lipinski definition) is 4. The molecule has 1 fully saturated rings. The number of piperidine rings is 1. The van der Waals surface area contributed by atoms with Crippen molar-refractivity contribution in [2.75, 3.05) is 26.2 Å². The highest BCUT2D eigenvalue weighted by molar-refractivity contribution is 5.77. The van der Waals surface area contributed by atoms with Gasteiger partial charge in [-0.25, -0.2) is 0 Å². The number of nitrogens with zero attached hydrogens (tertiary/aromatic N) is 1. The van der Waals surface area contributed by atoms with Crippen LogP contribution in [-0.2, 0) is 11.0 Å². The Kier molecular flexibility index (Phi) is 6.61. The minimum Gasteiger partial charge on any atom is -0.484 e. The van der Waals surface area contributed by atoms with Crippen LogP contribution in [0.4, 0.5) is 13.2 Å². The summed E-state index contributed by atoms with van der Waals surface area (Å²) >= 11 is 0. The van der Waals surface area contributed by atoms with Gasteiger partial charge >= 0.3 is 6.18 Å². The number of alkyl halides is 3. The Morgan fingerprint density at radius 1 is 1.18 bits per heavy atom. The van der Waals surface area contributed by atoms with E-state index >= 15 is 0 Å². The third-order valence-corrected chi connectivity index (χ3v) is 4.73. The van der Waals surface area contributed by atoms with Gasteiger partial charge in [-0.05, 0) is 56.3 Å². The smallest absolute Gasteiger partial charge is 0.416 e. The third kappa shape index (κ3) is 5.51. The minimum absolute atomic E-state index is 0.00332. The lowest BCUT2D eigenvalue weighted by molar-refractivity contribution is -0.137. The van der Waals surface area contributed by atoms with E-state index in [4.69, 9.17) is 9.15 Å².